The minimum Gasteiger partial charge on any atom is -0.481 e. The molecule has 2 atom stereocenters. The van der Waals surface area contributed by atoms with Crippen LogP contribution in [0.15, 0.2) is 0 Å². The van der Waals surface area contributed by atoms with E-state index in [1.54, 1.807) is 0 Å². The highest BCUT2D eigenvalue weighted by molar-refractivity contribution is 5.83. The van der Waals surface area contributed by atoms with Gasteiger partial charge in [0, 0.05) is 24.5 Å². The minimum atomic E-state index is -0.856. The fourth-order valence-corrected chi connectivity index (χ4v) is 2.24. The zero-order valence-corrected chi connectivity index (χ0v) is 11.0. The second kappa shape index (κ2) is 5.04. The van der Waals surface area contributed by atoms with E-state index in [0.29, 0.717) is 6.42 Å². The Morgan fingerprint density at radius 1 is 1.53 bits per heavy atom. The van der Waals surface area contributed by atoms with Crippen LogP contribution in [0.4, 0.5) is 0 Å². The van der Waals surface area contributed by atoms with Crippen molar-refractivity contribution in [2.45, 2.75) is 58.2 Å². The molecule has 2 unspecified atom stereocenters. The van der Waals surface area contributed by atoms with Crippen molar-refractivity contribution in [2.75, 3.05) is 6.54 Å². The average molecular weight is 242 g/mol. The van der Waals surface area contributed by atoms with Crippen molar-refractivity contribution in [2.24, 2.45) is 0 Å². The molecule has 1 aliphatic rings. The number of carbonyl (C=O) groups is 2. The summed E-state index contributed by atoms with van der Waals surface area (Å²) in [4.78, 5) is 24.6. The lowest BCUT2D eigenvalue weighted by atomic mass is 9.95. The summed E-state index contributed by atoms with van der Waals surface area (Å²) >= 11 is 0. The van der Waals surface area contributed by atoms with Crippen LogP contribution in [0, 0.1) is 0 Å². The molecule has 5 nitrogen and oxygen atoms in total. The number of amides is 1. The van der Waals surface area contributed by atoms with Crippen LogP contribution in [-0.4, -0.2) is 46.1 Å². The number of carboxylic acids is 1. The largest absolute Gasteiger partial charge is 0.481 e. The van der Waals surface area contributed by atoms with E-state index in [1.165, 1.54) is 0 Å². The first-order chi connectivity index (χ1) is 7.71. The normalized spacial score (nSPS) is 26.7. The highest BCUT2D eigenvalue weighted by atomic mass is 16.4. The van der Waals surface area contributed by atoms with Crippen molar-refractivity contribution in [3.05, 3.63) is 0 Å². The molecule has 1 fully saturated rings. The van der Waals surface area contributed by atoms with E-state index >= 15 is 0 Å². The summed E-state index contributed by atoms with van der Waals surface area (Å²) in [7, 11) is 0. The van der Waals surface area contributed by atoms with Gasteiger partial charge in [0.1, 0.15) is 0 Å². The highest BCUT2D eigenvalue weighted by Gasteiger charge is 2.38. The van der Waals surface area contributed by atoms with Gasteiger partial charge in [-0.15, -0.1) is 0 Å². The Labute approximate surface area is 102 Å². The quantitative estimate of drug-likeness (QED) is 0.769. The number of carbonyl (C=O) groups excluding carboxylic acids is 1. The summed E-state index contributed by atoms with van der Waals surface area (Å²) in [5, 5.41) is 11.6. The van der Waals surface area contributed by atoms with Gasteiger partial charge in [-0.2, -0.15) is 0 Å². The highest BCUT2D eigenvalue weighted by Crippen LogP contribution is 2.23. The van der Waals surface area contributed by atoms with E-state index in [2.05, 4.69) is 10.2 Å². The van der Waals surface area contributed by atoms with E-state index in [0.717, 1.165) is 6.54 Å². The van der Waals surface area contributed by atoms with Crippen molar-refractivity contribution in [3.63, 3.8) is 0 Å². The van der Waals surface area contributed by atoms with Crippen LogP contribution >= 0.6 is 0 Å². The standard InChI is InChI=1S/C12H22N2O3/c1-8-7-14(12(2,3)4)9(11(17)13-8)5-6-10(15)16/h8-9H,5-7H2,1-4H3,(H,13,17)(H,15,16). The molecule has 2 N–H and O–H groups in total. The molecule has 0 aromatic carbocycles. The van der Waals surface area contributed by atoms with Gasteiger partial charge in [0.2, 0.25) is 5.91 Å². The SMILES string of the molecule is CC1CN(C(C)(C)C)C(CCC(=O)O)C(=O)N1. The Hall–Kier alpha value is -1.10. The first-order valence-corrected chi connectivity index (χ1v) is 6.00. The maximum absolute atomic E-state index is 11.9. The van der Waals surface area contributed by atoms with Gasteiger partial charge in [-0.3, -0.25) is 14.5 Å². The van der Waals surface area contributed by atoms with Crippen LogP contribution in [0.2, 0.25) is 0 Å². The lowest BCUT2D eigenvalue weighted by molar-refractivity contribution is -0.139. The van der Waals surface area contributed by atoms with Crippen molar-refractivity contribution >= 4 is 11.9 Å². The summed E-state index contributed by atoms with van der Waals surface area (Å²) in [5.41, 5.74) is -0.130. The van der Waals surface area contributed by atoms with Crippen molar-refractivity contribution in [3.8, 4) is 0 Å². The number of hydrogen-bond acceptors (Lipinski definition) is 3. The molecule has 1 amide bonds. The van der Waals surface area contributed by atoms with E-state index in [-0.39, 0.29) is 30.0 Å². The van der Waals surface area contributed by atoms with Crippen LogP contribution in [0.1, 0.15) is 40.5 Å². The lowest BCUT2D eigenvalue weighted by Crippen LogP contribution is -2.64. The molecular formula is C12H22N2O3. The van der Waals surface area contributed by atoms with Gasteiger partial charge in [0.15, 0.2) is 0 Å². The predicted octanol–water partition coefficient (Wildman–Crippen LogP) is 0.839. The molecule has 17 heavy (non-hydrogen) atoms. The number of nitrogens with zero attached hydrogens (tertiary/aromatic N) is 1. The second-order valence-corrected chi connectivity index (χ2v) is 5.68. The Kier molecular flexibility index (Phi) is 4.14. The number of hydrogen-bond donors (Lipinski definition) is 2. The Bertz CT molecular complexity index is 309. The Morgan fingerprint density at radius 3 is 2.59 bits per heavy atom. The summed E-state index contributed by atoms with van der Waals surface area (Å²) in [6.45, 7) is 8.87. The molecule has 1 saturated heterocycles. The molecule has 1 heterocycles. The number of carboxylic acid groups (broad SMARTS) is 1. The summed E-state index contributed by atoms with van der Waals surface area (Å²) in [6, 6.07) is -0.217. The Balaban J connectivity index is 2.79. The average Bonchev–Trinajstić information content (AvgIpc) is 2.13. The fourth-order valence-electron chi connectivity index (χ4n) is 2.24. The van der Waals surface area contributed by atoms with E-state index in [1.807, 2.05) is 27.7 Å². The maximum Gasteiger partial charge on any atom is 0.303 e. The van der Waals surface area contributed by atoms with E-state index in [4.69, 9.17) is 5.11 Å². The first-order valence-electron chi connectivity index (χ1n) is 6.00. The van der Waals surface area contributed by atoms with Gasteiger partial charge in [-0.25, -0.2) is 0 Å². The monoisotopic (exact) mass is 242 g/mol. The molecule has 0 saturated carbocycles. The summed E-state index contributed by atoms with van der Waals surface area (Å²) in [5.74, 6) is -0.912. The molecule has 0 aromatic heterocycles. The molecule has 0 aromatic rings. The van der Waals surface area contributed by atoms with Crippen molar-refractivity contribution in [1.29, 1.82) is 0 Å². The van der Waals surface area contributed by atoms with Gasteiger partial charge in [0.05, 0.1) is 6.04 Å². The first kappa shape index (κ1) is 14.0. The van der Waals surface area contributed by atoms with Crippen LogP contribution in [-0.2, 0) is 9.59 Å². The van der Waals surface area contributed by atoms with Gasteiger partial charge in [-0.1, -0.05) is 0 Å². The van der Waals surface area contributed by atoms with Gasteiger partial charge in [-0.05, 0) is 34.1 Å². The number of piperazine rings is 1. The third-order valence-corrected chi connectivity index (χ3v) is 3.03. The molecule has 5 heteroatoms. The van der Waals surface area contributed by atoms with Gasteiger partial charge >= 0.3 is 5.97 Å². The number of nitrogens with one attached hydrogen (secondary N) is 1. The Morgan fingerprint density at radius 2 is 2.12 bits per heavy atom. The third-order valence-electron chi connectivity index (χ3n) is 3.03. The van der Waals surface area contributed by atoms with E-state index in [9.17, 15) is 9.59 Å². The van der Waals surface area contributed by atoms with Crippen LogP contribution < -0.4 is 5.32 Å². The lowest BCUT2D eigenvalue weighted by Gasteiger charge is -2.46. The number of rotatable bonds is 3. The summed E-state index contributed by atoms with van der Waals surface area (Å²) < 4.78 is 0. The molecule has 98 valence electrons. The van der Waals surface area contributed by atoms with Crippen LogP contribution in [0.3, 0.4) is 0 Å². The smallest absolute Gasteiger partial charge is 0.303 e. The molecule has 1 aliphatic heterocycles. The second-order valence-electron chi connectivity index (χ2n) is 5.68. The van der Waals surface area contributed by atoms with Gasteiger partial charge < -0.3 is 10.4 Å². The maximum atomic E-state index is 11.9. The molecule has 1 rings (SSSR count). The molecule has 0 spiro atoms. The van der Waals surface area contributed by atoms with Gasteiger partial charge in [0.25, 0.3) is 0 Å². The van der Waals surface area contributed by atoms with E-state index < -0.39 is 5.97 Å². The predicted molar refractivity (Wildman–Crippen MR) is 64.7 cm³/mol. The van der Waals surface area contributed by atoms with Crippen LogP contribution in [0.25, 0.3) is 0 Å². The molecule has 0 radical (unpaired) electrons. The summed E-state index contributed by atoms with van der Waals surface area (Å²) in [6.07, 6.45) is 0.393. The molecule has 0 aliphatic carbocycles. The van der Waals surface area contributed by atoms with Crippen molar-refractivity contribution in [1.82, 2.24) is 10.2 Å². The number of aliphatic carboxylic acids is 1. The topological polar surface area (TPSA) is 69.6 Å². The van der Waals surface area contributed by atoms with Crippen LogP contribution in [0.5, 0.6) is 0 Å². The zero-order chi connectivity index (χ0) is 13.2. The fraction of sp³-hybridized carbons (Fsp3) is 0.833. The third kappa shape index (κ3) is 3.70. The van der Waals surface area contributed by atoms with Crippen molar-refractivity contribution < 1.29 is 14.7 Å². The minimum absolute atomic E-state index is 0.0268. The molecular weight excluding hydrogens is 220 g/mol. The molecule has 0 bridgehead atoms. The zero-order valence-electron chi connectivity index (χ0n) is 11.0.